The summed E-state index contributed by atoms with van der Waals surface area (Å²) in [5, 5.41) is 22.9. The van der Waals surface area contributed by atoms with Gasteiger partial charge in [-0.1, -0.05) is 30.3 Å². The van der Waals surface area contributed by atoms with Gasteiger partial charge in [-0.05, 0) is 18.9 Å². The van der Waals surface area contributed by atoms with Crippen molar-refractivity contribution in [1.29, 1.82) is 0 Å². The fraction of sp³-hybridized carbons (Fsp3) is 0.591. The van der Waals surface area contributed by atoms with Crippen LogP contribution in [0.3, 0.4) is 0 Å². The molecule has 0 saturated heterocycles. The van der Waals surface area contributed by atoms with E-state index in [0.29, 0.717) is 0 Å². The molecular weight excluding hydrogens is 418 g/mol. The highest BCUT2D eigenvalue weighted by Crippen LogP contribution is 2.52. The minimum Gasteiger partial charge on any atom is -0.467 e. The lowest BCUT2D eigenvalue weighted by atomic mass is 9.82. The molecule has 10 heteroatoms. The van der Waals surface area contributed by atoms with E-state index in [1.165, 1.54) is 21.1 Å². The maximum atomic E-state index is 12.8. The highest BCUT2D eigenvalue weighted by Gasteiger charge is 2.68. The Balaban J connectivity index is 1.95. The molecule has 1 aliphatic carbocycles. The quantitative estimate of drug-likeness (QED) is 0.448. The molecule has 1 aromatic rings. The molecule has 0 spiro atoms. The van der Waals surface area contributed by atoms with Gasteiger partial charge < -0.3 is 24.6 Å². The predicted molar refractivity (Wildman–Crippen MR) is 111 cm³/mol. The number of fused-ring (bicyclic) bond motifs is 1. The van der Waals surface area contributed by atoms with Gasteiger partial charge in [-0.25, -0.2) is 9.59 Å². The van der Waals surface area contributed by atoms with E-state index >= 15 is 0 Å². The number of azo groups is 1. The lowest BCUT2D eigenvalue weighted by Crippen LogP contribution is -2.57. The van der Waals surface area contributed by atoms with Crippen molar-refractivity contribution >= 4 is 17.9 Å². The normalized spacial score (nSPS) is 29.0. The van der Waals surface area contributed by atoms with Gasteiger partial charge in [0, 0.05) is 25.4 Å². The molecule has 0 aromatic heterocycles. The van der Waals surface area contributed by atoms with Crippen molar-refractivity contribution in [2.45, 2.75) is 43.6 Å². The number of esters is 3. The molecule has 2 aliphatic rings. The molecule has 32 heavy (non-hydrogen) atoms. The number of nitrogens with zero attached hydrogens (tertiary/aromatic N) is 2. The largest absolute Gasteiger partial charge is 0.467 e. The maximum absolute atomic E-state index is 12.8. The summed E-state index contributed by atoms with van der Waals surface area (Å²) in [6, 6.07) is 9.31. The molecule has 1 aliphatic heterocycles. The summed E-state index contributed by atoms with van der Waals surface area (Å²) in [6.45, 7) is 3.03. The third-order valence-electron chi connectivity index (χ3n) is 6.44. The summed E-state index contributed by atoms with van der Waals surface area (Å²) in [7, 11) is 2.39. The molecule has 10 nitrogen and oxygen atoms in total. The molecule has 1 heterocycles. The summed E-state index contributed by atoms with van der Waals surface area (Å²) < 4.78 is 15.4. The summed E-state index contributed by atoms with van der Waals surface area (Å²) >= 11 is 0. The molecule has 2 N–H and O–H groups in total. The molecule has 0 bridgehead atoms. The smallest absolute Gasteiger partial charge is 0.339 e. The van der Waals surface area contributed by atoms with Gasteiger partial charge in [0.1, 0.15) is 6.10 Å². The average molecular weight is 447 g/mol. The third kappa shape index (κ3) is 4.12. The maximum Gasteiger partial charge on any atom is 0.339 e. The molecule has 0 amide bonds. The van der Waals surface area contributed by atoms with E-state index in [1.54, 1.807) is 0 Å². The van der Waals surface area contributed by atoms with E-state index in [9.17, 15) is 19.5 Å². The minimum absolute atomic E-state index is 0.0845. The van der Waals surface area contributed by atoms with Gasteiger partial charge in [-0.15, -0.1) is 0 Å². The van der Waals surface area contributed by atoms with Gasteiger partial charge in [-0.3, -0.25) is 4.79 Å². The van der Waals surface area contributed by atoms with E-state index in [4.69, 9.17) is 14.2 Å². The van der Waals surface area contributed by atoms with Crippen molar-refractivity contribution in [3.63, 3.8) is 0 Å². The van der Waals surface area contributed by atoms with Gasteiger partial charge in [0.05, 0.1) is 26.7 Å². The molecule has 1 saturated carbocycles. The van der Waals surface area contributed by atoms with Crippen LogP contribution in [0.15, 0.2) is 40.6 Å². The van der Waals surface area contributed by atoms with Crippen LogP contribution >= 0.6 is 0 Å². The van der Waals surface area contributed by atoms with Crippen molar-refractivity contribution in [2.24, 2.45) is 22.1 Å². The predicted octanol–water partition coefficient (Wildman–Crippen LogP) is 1.19. The van der Waals surface area contributed by atoms with Crippen molar-refractivity contribution < 1.29 is 33.7 Å². The van der Waals surface area contributed by atoms with E-state index in [-0.39, 0.29) is 25.6 Å². The molecule has 1 aromatic carbocycles. The van der Waals surface area contributed by atoms with E-state index in [1.807, 2.05) is 37.3 Å². The van der Waals surface area contributed by atoms with Crippen LogP contribution in [0.5, 0.6) is 0 Å². The SMILES string of the molecule is COC(=O)C12C[C@H]([C@](O)(CN[C@H](C)c3ccccc3)C(=O)OC)[C@@H](OC(C)=O)C1CN=N2. The zero-order chi connectivity index (χ0) is 23.5. The molecule has 6 atom stereocenters. The number of aliphatic hydroxyl groups is 1. The van der Waals surface area contributed by atoms with Crippen molar-refractivity contribution in [2.75, 3.05) is 27.3 Å². The molecule has 1 fully saturated rings. The Morgan fingerprint density at radius 2 is 1.94 bits per heavy atom. The van der Waals surface area contributed by atoms with Gasteiger partial charge in [0.25, 0.3) is 0 Å². The number of methoxy groups -OCH3 is 2. The Hall–Kier alpha value is -2.85. The van der Waals surface area contributed by atoms with Crippen molar-refractivity contribution in [3.05, 3.63) is 35.9 Å². The van der Waals surface area contributed by atoms with Gasteiger partial charge in [0.15, 0.2) is 11.1 Å². The lowest BCUT2D eigenvalue weighted by Gasteiger charge is -2.36. The second-order valence-electron chi connectivity index (χ2n) is 8.26. The first-order valence-corrected chi connectivity index (χ1v) is 10.4. The third-order valence-corrected chi connectivity index (χ3v) is 6.44. The Kier molecular flexibility index (Phi) is 6.94. The summed E-state index contributed by atoms with van der Waals surface area (Å²) in [5.74, 6) is -3.79. The average Bonchev–Trinajstić information content (AvgIpc) is 3.35. The number of hydrogen-bond acceptors (Lipinski definition) is 10. The number of ether oxygens (including phenoxy) is 3. The number of carbonyl (C=O) groups is 3. The number of carbonyl (C=O) groups excluding carboxylic acids is 3. The van der Waals surface area contributed by atoms with Gasteiger partial charge >= 0.3 is 17.9 Å². The van der Waals surface area contributed by atoms with Crippen LogP contribution < -0.4 is 5.32 Å². The topological polar surface area (TPSA) is 136 Å². The van der Waals surface area contributed by atoms with E-state index in [0.717, 1.165) is 5.56 Å². The minimum atomic E-state index is -2.10. The summed E-state index contributed by atoms with van der Waals surface area (Å²) in [6.07, 6.45) is -1.07. The first-order chi connectivity index (χ1) is 15.2. The van der Waals surface area contributed by atoms with E-state index in [2.05, 4.69) is 15.5 Å². The highest BCUT2D eigenvalue weighted by atomic mass is 16.6. The highest BCUT2D eigenvalue weighted by molar-refractivity contribution is 5.85. The summed E-state index contributed by atoms with van der Waals surface area (Å²) in [4.78, 5) is 37.4. The van der Waals surface area contributed by atoms with Crippen LogP contribution in [0.2, 0.25) is 0 Å². The zero-order valence-corrected chi connectivity index (χ0v) is 18.6. The molecule has 0 radical (unpaired) electrons. The number of hydrogen-bond donors (Lipinski definition) is 2. The number of benzene rings is 1. The first kappa shape index (κ1) is 23.8. The summed E-state index contributed by atoms with van der Waals surface area (Å²) in [5.41, 5.74) is -2.58. The van der Waals surface area contributed by atoms with Crippen LogP contribution in [0.25, 0.3) is 0 Å². The van der Waals surface area contributed by atoms with Gasteiger partial charge in [-0.2, -0.15) is 10.2 Å². The number of rotatable bonds is 8. The van der Waals surface area contributed by atoms with Crippen LogP contribution in [0.1, 0.15) is 31.9 Å². The second-order valence-corrected chi connectivity index (χ2v) is 8.26. The van der Waals surface area contributed by atoms with Crippen LogP contribution in [-0.4, -0.2) is 67.6 Å². The van der Waals surface area contributed by atoms with Crippen molar-refractivity contribution in [1.82, 2.24) is 5.32 Å². The van der Waals surface area contributed by atoms with E-state index < -0.39 is 47.0 Å². The monoisotopic (exact) mass is 447 g/mol. The Morgan fingerprint density at radius 3 is 2.53 bits per heavy atom. The zero-order valence-electron chi connectivity index (χ0n) is 18.6. The molecule has 174 valence electrons. The first-order valence-electron chi connectivity index (χ1n) is 10.4. The fourth-order valence-electron chi connectivity index (χ4n) is 4.73. The Morgan fingerprint density at radius 1 is 1.25 bits per heavy atom. The fourth-order valence-corrected chi connectivity index (χ4v) is 4.73. The van der Waals surface area contributed by atoms with Crippen LogP contribution in [0, 0.1) is 11.8 Å². The van der Waals surface area contributed by atoms with Gasteiger partial charge in [0.2, 0.25) is 0 Å². The Labute approximate surface area is 186 Å². The lowest BCUT2D eigenvalue weighted by molar-refractivity contribution is -0.179. The Bertz CT molecular complexity index is 893. The number of nitrogens with one attached hydrogen (secondary N) is 1. The van der Waals surface area contributed by atoms with Crippen LogP contribution in [0.4, 0.5) is 0 Å². The second kappa shape index (κ2) is 9.33. The molecule has 3 rings (SSSR count). The molecular formula is C22H29N3O7. The standard InChI is InChI=1S/C22H29N3O7/c1-13(15-8-6-5-7-9-15)23-12-22(29,20(28)31-4)16-10-21(19(27)30-3)17(11-24-25-21)18(16)32-14(2)26/h5-9,13,16-18,23,29H,10-12H2,1-4H3/t13-,16+,17?,18-,21?,22-/m1/s1. The molecule has 2 unspecified atom stereocenters. The van der Waals surface area contributed by atoms with Crippen molar-refractivity contribution in [3.8, 4) is 0 Å². The van der Waals surface area contributed by atoms with Crippen LogP contribution in [-0.2, 0) is 28.6 Å².